The van der Waals surface area contributed by atoms with Crippen molar-refractivity contribution in [1.82, 2.24) is 10.2 Å². The lowest BCUT2D eigenvalue weighted by atomic mass is 10.0. The van der Waals surface area contributed by atoms with Crippen molar-refractivity contribution in [1.29, 1.82) is 0 Å². The monoisotopic (exact) mass is 709 g/mol. The molecule has 10 heteroatoms. The summed E-state index contributed by atoms with van der Waals surface area (Å²) in [5, 5.41) is 3.40. The number of amides is 2. The van der Waals surface area contributed by atoms with Gasteiger partial charge in [-0.2, -0.15) is 0 Å². The van der Waals surface area contributed by atoms with Gasteiger partial charge in [0.05, 0.1) is 10.6 Å². The molecule has 0 heterocycles. The minimum absolute atomic E-state index is 0.00195. The molecule has 0 aliphatic carbocycles. The van der Waals surface area contributed by atoms with Crippen LogP contribution in [-0.4, -0.2) is 44.3 Å². The second kappa shape index (κ2) is 16.1. The van der Waals surface area contributed by atoms with Crippen molar-refractivity contribution in [3.63, 3.8) is 0 Å². The number of nitrogens with one attached hydrogen (secondary N) is 1. The third-order valence-corrected chi connectivity index (χ3v) is 9.85. The van der Waals surface area contributed by atoms with Crippen LogP contribution in [0.3, 0.4) is 0 Å². The number of halogens is 2. The Labute approximate surface area is 279 Å². The van der Waals surface area contributed by atoms with Crippen LogP contribution in [0.2, 0.25) is 5.02 Å². The lowest BCUT2D eigenvalue weighted by Gasteiger charge is -2.34. The van der Waals surface area contributed by atoms with E-state index in [0.29, 0.717) is 17.3 Å². The van der Waals surface area contributed by atoms with Crippen LogP contribution in [0.1, 0.15) is 36.5 Å². The summed E-state index contributed by atoms with van der Waals surface area (Å²) in [6.45, 7) is 3.95. The van der Waals surface area contributed by atoms with E-state index in [0.717, 1.165) is 38.3 Å². The highest BCUT2D eigenvalue weighted by atomic mass is 79.9. The predicted molar refractivity (Wildman–Crippen MR) is 184 cm³/mol. The van der Waals surface area contributed by atoms with Gasteiger partial charge in [-0.05, 0) is 78.6 Å². The number of anilines is 1. The molecule has 45 heavy (non-hydrogen) atoms. The summed E-state index contributed by atoms with van der Waals surface area (Å²) in [4.78, 5) is 29.8. The molecule has 0 saturated heterocycles. The number of hydrogen-bond acceptors (Lipinski definition) is 4. The summed E-state index contributed by atoms with van der Waals surface area (Å²) in [6, 6.07) is 28.9. The minimum Gasteiger partial charge on any atom is -0.354 e. The van der Waals surface area contributed by atoms with Gasteiger partial charge in [0.25, 0.3) is 10.0 Å². The second-order valence-electron chi connectivity index (χ2n) is 10.8. The summed E-state index contributed by atoms with van der Waals surface area (Å²) in [7, 11) is -4.20. The number of aryl methyl sites for hydroxylation is 1. The molecule has 236 valence electrons. The molecule has 4 rings (SSSR count). The molecule has 4 aromatic rings. The lowest BCUT2D eigenvalue weighted by molar-refractivity contribution is -0.140. The Hall–Kier alpha value is -3.66. The van der Waals surface area contributed by atoms with Crippen molar-refractivity contribution in [3.05, 3.63) is 129 Å². The van der Waals surface area contributed by atoms with Crippen molar-refractivity contribution < 1.29 is 18.0 Å². The number of benzene rings is 4. The van der Waals surface area contributed by atoms with E-state index in [2.05, 4.69) is 21.2 Å². The summed E-state index contributed by atoms with van der Waals surface area (Å²) >= 11 is 9.57. The SMILES string of the molecule is CCCCNC(=O)[C@H](Cc1ccccc1)N(Cc1cccc(Br)c1)C(=O)CN(c1cccc(C)c1)S(=O)(=O)c1ccc(Cl)cc1. The maximum absolute atomic E-state index is 14.5. The van der Waals surface area contributed by atoms with Crippen molar-refractivity contribution in [2.75, 3.05) is 17.4 Å². The van der Waals surface area contributed by atoms with E-state index in [1.807, 2.05) is 74.5 Å². The molecule has 0 saturated carbocycles. The first-order chi connectivity index (χ1) is 21.6. The van der Waals surface area contributed by atoms with E-state index >= 15 is 0 Å². The predicted octanol–water partition coefficient (Wildman–Crippen LogP) is 7.16. The van der Waals surface area contributed by atoms with Crippen molar-refractivity contribution in [3.8, 4) is 0 Å². The molecule has 0 aliphatic heterocycles. The van der Waals surface area contributed by atoms with Crippen LogP contribution in [0.4, 0.5) is 5.69 Å². The van der Waals surface area contributed by atoms with Gasteiger partial charge in [-0.3, -0.25) is 13.9 Å². The maximum Gasteiger partial charge on any atom is 0.264 e. The number of unbranched alkanes of at least 4 members (excludes halogenated alkanes) is 1. The molecule has 0 aliphatic rings. The minimum atomic E-state index is -4.20. The molecule has 4 aromatic carbocycles. The largest absolute Gasteiger partial charge is 0.354 e. The molecule has 7 nitrogen and oxygen atoms in total. The average molecular weight is 711 g/mol. The Morgan fingerprint density at radius 3 is 2.24 bits per heavy atom. The lowest BCUT2D eigenvalue weighted by Crippen LogP contribution is -2.53. The summed E-state index contributed by atoms with van der Waals surface area (Å²) in [5.74, 6) is -0.807. The summed E-state index contributed by atoms with van der Waals surface area (Å²) in [5.41, 5.74) is 2.84. The number of sulfonamides is 1. The number of rotatable bonds is 14. The van der Waals surface area contributed by atoms with Crippen LogP contribution in [0.15, 0.2) is 112 Å². The molecule has 0 fully saturated rings. The summed E-state index contributed by atoms with van der Waals surface area (Å²) in [6.07, 6.45) is 1.95. The van der Waals surface area contributed by atoms with Crippen LogP contribution < -0.4 is 9.62 Å². The van der Waals surface area contributed by atoms with E-state index in [4.69, 9.17) is 11.6 Å². The fraction of sp³-hybridized carbons (Fsp3) is 0.257. The van der Waals surface area contributed by atoms with Gasteiger partial charge in [0, 0.05) is 29.0 Å². The Kier molecular flexibility index (Phi) is 12.2. The Balaban J connectivity index is 1.79. The van der Waals surface area contributed by atoms with Crippen molar-refractivity contribution in [2.45, 2.75) is 50.6 Å². The first-order valence-electron chi connectivity index (χ1n) is 14.8. The number of hydrogen-bond donors (Lipinski definition) is 1. The van der Waals surface area contributed by atoms with E-state index in [1.165, 1.54) is 29.2 Å². The zero-order valence-corrected chi connectivity index (χ0v) is 28.5. The Morgan fingerprint density at radius 2 is 1.58 bits per heavy atom. The fourth-order valence-electron chi connectivity index (χ4n) is 4.94. The highest BCUT2D eigenvalue weighted by Gasteiger charge is 2.34. The van der Waals surface area contributed by atoms with E-state index in [1.54, 1.807) is 18.2 Å². The molecular formula is C35H37BrClN3O4S. The molecular weight excluding hydrogens is 674 g/mol. The highest BCUT2D eigenvalue weighted by molar-refractivity contribution is 9.10. The standard InChI is InChI=1S/C35H37BrClN3O4S/c1-3-4-20-38-35(42)33(23-27-11-6-5-7-12-27)39(24-28-13-9-14-29(36)22-28)34(41)25-40(31-15-8-10-26(2)21-31)45(43,44)32-18-16-30(37)17-19-32/h5-19,21-22,33H,3-4,20,23-25H2,1-2H3,(H,38,42)/t33-/m0/s1. The molecule has 0 bridgehead atoms. The van der Waals surface area contributed by atoms with E-state index in [-0.39, 0.29) is 23.8 Å². The zero-order valence-electron chi connectivity index (χ0n) is 25.3. The van der Waals surface area contributed by atoms with Crippen molar-refractivity contribution in [2.24, 2.45) is 0 Å². The first kappa shape index (κ1) is 34.2. The molecule has 2 amide bonds. The maximum atomic E-state index is 14.5. The van der Waals surface area contributed by atoms with Gasteiger partial charge >= 0.3 is 0 Å². The fourth-order valence-corrected chi connectivity index (χ4v) is 6.92. The smallest absolute Gasteiger partial charge is 0.264 e. The topological polar surface area (TPSA) is 86.8 Å². The van der Waals surface area contributed by atoms with Gasteiger partial charge in [0.2, 0.25) is 11.8 Å². The quantitative estimate of drug-likeness (QED) is 0.141. The zero-order chi connectivity index (χ0) is 32.4. The van der Waals surface area contributed by atoms with Gasteiger partial charge in [0.1, 0.15) is 12.6 Å². The van der Waals surface area contributed by atoms with Gasteiger partial charge in [-0.25, -0.2) is 8.42 Å². The van der Waals surface area contributed by atoms with E-state index in [9.17, 15) is 18.0 Å². The van der Waals surface area contributed by atoms with Gasteiger partial charge in [0.15, 0.2) is 0 Å². The molecule has 1 N–H and O–H groups in total. The normalized spacial score (nSPS) is 11.9. The Bertz CT molecular complexity index is 1700. The van der Waals surface area contributed by atoms with Crippen LogP contribution in [0, 0.1) is 6.92 Å². The second-order valence-corrected chi connectivity index (χ2v) is 14.0. The number of carbonyl (C=O) groups is 2. The van der Waals surface area contributed by atoms with Crippen LogP contribution in [0.5, 0.6) is 0 Å². The molecule has 0 unspecified atom stereocenters. The average Bonchev–Trinajstić information content (AvgIpc) is 3.02. The first-order valence-corrected chi connectivity index (χ1v) is 17.4. The van der Waals surface area contributed by atoms with Crippen molar-refractivity contribution >= 4 is 55.1 Å². The summed E-state index contributed by atoms with van der Waals surface area (Å²) < 4.78 is 30.2. The van der Waals surface area contributed by atoms with Crippen LogP contribution in [-0.2, 0) is 32.6 Å². The third-order valence-electron chi connectivity index (χ3n) is 7.31. The molecule has 0 radical (unpaired) electrons. The molecule has 0 aromatic heterocycles. The number of nitrogens with zero attached hydrogens (tertiary/aromatic N) is 2. The molecule has 1 atom stereocenters. The van der Waals surface area contributed by atoms with Crippen LogP contribution in [0.25, 0.3) is 0 Å². The van der Waals surface area contributed by atoms with E-state index < -0.39 is 28.5 Å². The van der Waals surface area contributed by atoms with Gasteiger partial charge < -0.3 is 10.2 Å². The van der Waals surface area contributed by atoms with Gasteiger partial charge in [-0.1, -0.05) is 95.5 Å². The van der Waals surface area contributed by atoms with Crippen LogP contribution >= 0.6 is 27.5 Å². The highest BCUT2D eigenvalue weighted by Crippen LogP contribution is 2.27. The third kappa shape index (κ3) is 9.42. The molecule has 0 spiro atoms. The Morgan fingerprint density at radius 1 is 0.889 bits per heavy atom. The number of carbonyl (C=O) groups excluding carboxylic acids is 2. The van der Waals surface area contributed by atoms with Gasteiger partial charge in [-0.15, -0.1) is 0 Å².